The fourth-order valence-corrected chi connectivity index (χ4v) is 1.31. The Morgan fingerprint density at radius 3 is 2.32 bits per heavy atom. The second kappa shape index (κ2) is 9.28. The molecular formula is C14H29NO4. The monoisotopic (exact) mass is 275 g/mol. The number of carbonyl (C=O) groups is 1. The predicted octanol–water partition coefficient (Wildman–Crippen LogP) is 2.16. The van der Waals surface area contributed by atoms with Crippen LogP contribution in [0.2, 0.25) is 0 Å². The largest absolute Gasteiger partial charge is 0.466 e. The van der Waals surface area contributed by atoms with Gasteiger partial charge in [-0.1, -0.05) is 13.8 Å². The number of ether oxygens (including phenoxy) is 1. The zero-order valence-corrected chi connectivity index (χ0v) is 13.1. The number of nitrogens with one attached hydrogen (secondary N) is 1. The Labute approximate surface area is 116 Å². The van der Waals surface area contributed by atoms with Gasteiger partial charge in [0.25, 0.3) is 0 Å². The van der Waals surface area contributed by atoms with Crippen LogP contribution in [0.25, 0.3) is 0 Å². The highest BCUT2D eigenvalue weighted by Crippen LogP contribution is 2.09. The topological polar surface area (TPSA) is 56.8 Å². The first-order chi connectivity index (χ1) is 8.76. The Balaban J connectivity index is 4.14. The van der Waals surface area contributed by atoms with Crippen LogP contribution in [0.5, 0.6) is 0 Å². The van der Waals surface area contributed by atoms with E-state index in [1.807, 2.05) is 20.8 Å². The molecule has 5 heteroatoms. The third kappa shape index (κ3) is 10.9. The smallest absolute Gasteiger partial charge is 0.312 e. The third-order valence-electron chi connectivity index (χ3n) is 2.14. The van der Waals surface area contributed by atoms with E-state index in [0.717, 1.165) is 6.54 Å². The van der Waals surface area contributed by atoms with Gasteiger partial charge in [-0.05, 0) is 40.2 Å². The fraction of sp³-hybridized carbons (Fsp3) is 0.929. The summed E-state index contributed by atoms with van der Waals surface area (Å²) in [5, 5.41) is 3.24. The standard InChI is InChI=1S/C14H29NO4/c1-7-17-13(16)12(9-15-8-11(2)3)10-18-19-14(4,5)6/h11-12,15H,7-10H2,1-6H3. The van der Waals surface area contributed by atoms with Crippen LogP contribution in [0.3, 0.4) is 0 Å². The van der Waals surface area contributed by atoms with Gasteiger partial charge in [0.15, 0.2) is 0 Å². The van der Waals surface area contributed by atoms with Crippen molar-refractivity contribution in [1.29, 1.82) is 0 Å². The first-order valence-electron chi connectivity index (χ1n) is 6.94. The van der Waals surface area contributed by atoms with Crippen molar-refractivity contribution >= 4 is 5.97 Å². The summed E-state index contributed by atoms with van der Waals surface area (Å²) in [4.78, 5) is 22.1. The van der Waals surface area contributed by atoms with Crippen molar-refractivity contribution in [3.8, 4) is 0 Å². The molecule has 0 heterocycles. The molecule has 0 aromatic heterocycles. The van der Waals surface area contributed by atoms with E-state index in [9.17, 15) is 4.79 Å². The van der Waals surface area contributed by atoms with Crippen LogP contribution in [0.4, 0.5) is 0 Å². The van der Waals surface area contributed by atoms with E-state index in [0.29, 0.717) is 19.1 Å². The molecule has 0 aliphatic heterocycles. The minimum Gasteiger partial charge on any atom is -0.466 e. The highest BCUT2D eigenvalue weighted by molar-refractivity contribution is 5.72. The summed E-state index contributed by atoms with van der Waals surface area (Å²) < 4.78 is 5.03. The molecule has 0 aromatic rings. The van der Waals surface area contributed by atoms with E-state index in [2.05, 4.69) is 19.2 Å². The molecule has 0 spiro atoms. The van der Waals surface area contributed by atoms with Gasteiger partial charge in [-0.2, -0.15) is 0 Å². The second-order valence-corrected chi connectivity index (χ2v) is 5.98. The third-order valence-corrected chi connectivity index (χ3v) is 2.14. The van der Waals surface area contributed by atoms with Gasteiger partial charge in [0.05, 0.1) is 24.7 Å². The molecule has 0 saturated carbocycles. The number of carbonyl (C=O) groups excluding carboxylic acids is 1. The van der Waals surface area contributed by atoms with E-state index in [1.54, 1.807) is 6.92 Å². The summed E-state index contributed by atoms with van der Waals surface area (Å²) in [6.45, 7) is 13.7. The van der Waals surface area contributed by atoms with Crippen LogP contribution in [-0.4, -0.2) is 37.9 Å². The lowest BCUT2D eigenvalue weighted by atomic mass is 10.1. The van der Waals surface area contributed by atoms with Crippen molar-refractivity contribution in [2.45, 2.75) is 47.1 Å². The number of esters is 1. The van der Waals surface area contributed by atoms with E-state index in [1.165, 1.54) is 0 Å². The van der Waals surface area contributed by atoms with Crippen LogP contribution in [-0.2, 0) is 19.3 Å². The van der Waals surface area contributed by atoms with E-state index >= 15 is 0 Å². The highest BCUT2D eigenvalue weighted by Gasteiger charge is 2.22. The molecule has 1 atom stereocenters. The lowest BCUT2D eigenvalue weighted by Gasteiger charge is -2.21. The molecule has 114 valence electrons. The Kier molecular flexibility index (Phi) is 8.97. The minimum atomic E-state index is -0.384. The molecule has 0 aliphatic carbocycles. The Hall–Kier alpha value is -0.650. The van der Waals surface area contributed by atoms with Gasteiger partial charge in [0.1, 0.15) is 0 Å². The second-order valence-electron chi connectivity index (χ2n) is 5.98. The van der Waals surface area contributed by atoms with Gasteiger partial charge in [-0.25, -0.2) is 9.78 Å². The van der Waals surface area contributed by atoms with E-state index < -0.39 is 0 Å². The Bertz CT molecular complexity index is 248. The van der Waals surface area contributed by atoms with Gasteiger partial charge in [0, 0.05) is 6.54 Å². The summed E-state index contributed by atoms with van der Waals surface area (Å²) >= 11 is 0. The number of hydrogen-bond acceptors (Lipinski definition) is 5. The lowest BCUT2D eigenvalue weighted by molar-refractivity contribution is -0.352. The molecule has 0 bridgehead atoms. The van der Waals surface area contributed by atoms with Gasteiger partial charge in [-0.15, -0.1) is 0 Å². The zero-order valence-electron chi connectivity index (χ0n) is 13.1. The number of hydrogen-bond donors (Lipinski definition) is 1. The van der Waals surface area contributed by atoms with Gasteiger partial charge >= 0.3 is 5.97 Å². The average Bonchev–Trinajstić information content (AvgIpc) is 2.25. The van der Waals surface area contributed by atoms with Gasteiger partial charge < -0.3 is 10.1 Å². The maximum Gasteiger partial charge on any atom is 0.312 e. The molecule has 19 heavy (non-hydrogen) atoms. The summed E-state index contributed by atoms with van der Waals surface area (Å²) in [5.74, 6) is -0.0631. The fourth-order valence-electron chi connectivity index (χ4n) is 1.31. The van der Waals surface area contributed by atoms with Crippen molar-refractivity contribution in [3.63, 3.8) is 0 Å². The first-order valence-corrected chi connectivity index (χ1v) is 6.94. The summed E-state index contributed by atoms with van der Waals surface area (Å²) in [6, 6.07) is 0. The SMILES string of the molecule is CCOC(=O)C(CNCC(C)C)COOC(C)(C)C. The zero-order chi connectivity index (χ0) is 14.9. The molecule has 0 saturated heterocycles. The maximum atomic E-state index is 11.8. The summed E-state index contributed by atoms with van der Waals surface area (Å²) in [7, 11) is 0. The molecule has 0 radical (unpaired) electrons. The van der Waals surface area contributed by atoms with Crippen molar-refractivity contribution in [1.82, 2.24) is 5.32 Å². The van der Waals surface area contributed by atoms with Crippen LogP contribution in [0.15, 0.2) is 0 Å². The molecule has 0 fully saturated rings. The molecule has 1 N–H and O–H groups in total. The van der Waals surface area contributed by atoms with E-state index in [-0.39, 0.29) is 24.1 Å². The first kappa shape index (κ1) is 18.4. The Morgan fingerprint density at radius 2 is 1.84 bits per heavy atom. The molecular weight excluding hydrogens is 246 g/mol. The van der Waals surface area contributed by atoms with Crippen molar-refractivity contribution in [2.24, 2.45) is 11.8 Å². The van der Waals surface area contributed by atoms with Crippen LogP contribution < -0.4 is 5.32 Å². The van der Waals surface area contributed by atoms with Crippen molar-refractivity contribution in [3.05, 3.63) is 0 Å². The maximum absolute atomic E-state index is 11.8. The lowest BCUT2D eigenvalue weighted by Crippen LogP contribution is -2.35. The molecule has 5 nitrogen and oxygen atoms in total. The van der Waals surface area contributed by atoms with E-state index in [4.69, 9.17) is 14.5 Å². The van der Waals surface area contributed by atoms with Crippen LogP contribution in [0, 0.1) is 11.8 Å². The number of rotatable bonds is 9. The minimum absolute atomic E-state index is 0.196. The summed E-state index contributed by atoms with van der Waals surface area (Å²) in [6.07, 6.45) is 0. The molecule has 1 unspecified atom stereocenters. The Morgan fingerprint density at radius 1 is 1.21 bits per heavy atom. The predicted molar refractivity (Wildman–Crippen MR) is 74.6 cm³/mol. The molecule has 0 rings (SSSR count). The van der Waals surface area contributed by atoms with Crippen LogP contribution in [0.1, 0.15) is 41.5 Å². The van der Waals surface area contributed by atoms with Gasteiger partial charge in [0.2, 0.25) is 0 Å². The quantitative estimate of drug-likeness (QED) is 0.397. The van der Waals surface area contributed by atoms with Gasteiger partial charge in [-0.3, -0.25) is 4.79 Å². The summed E-state index contributed by atoms with van der Waals surface area (Å²) in [5.41, 5.74) is -0.384. The molecule has 0 amide bonds. The normalized spacial score (nSPS) is 13.6. The van der Waals surface area contributed by atoms with Crippen LogP contribution >= 0.6 is 0 Å². The molecule has 0 aliphatic rings. The average molecular weight is 275 g/mol. The molecule has 0 aromatic carbocycles. The van der Waals surface area contributed by atoms with Crippen molar-refractivity contribution in [2.75, 3.05) is 26.3 Å². The van der Waals surface area contributed by atoms with Crippen molar-refractivity contribution < 1.29 is 19.3 Å². The highest BCUT2D eigenvalue weighted by atomic mass is 17.2.